The molecule has 0 unspecified atom stereocenters. The summed E-state index contributed by atoms with van der Waals surface area (Å²) in [5.41, 5.74) is 14.4. The van der Waals surface area contributed by atoms with Gasteiger partial charge in [-0.05, 0) is 29.7 Å². The molecule has 4 heteroatoms. The van der Waals surface area contributed by atoms with Crippen LogP contribution >= 0.6 is 0 Å². The molecule has 4 N–H and O–H groups in total. The zero-order chi connectivity index (χ0) is 14.4. The summed E-state index contributed by atoms with van der Waals surface area (Å²) in [7, 11) is 0. The molecule has 0 fully saturated rings. The van der Waals surface area contributed by atoms with Gasteiger partial charge in [-0.25, -0.2) is 0 Å². The summed E-state index contributed by atoms with van der Waals surface area (Å²) in [6.07, 6.45) is 0.925. The molecule has 2 aromatic rings. The smallest absolute Gasteiger partial charge is 0.306 e. The normalized spacial score (nSPS) is 10.2. The summed E-state index contributed by atoms with van der Waals surface area (Å²) in [5, 5.41) is 0. The standard InChI is InChI=1S/C16H18N2O2/c17-14-8-6-12(10-15(14)18)7-9-16(19)20-11-13-4-2-1-3-5-13/h1-6,8,10H,7,9,11,17-18H2. The van der Waals surface area contributed by atoms with E-state index in [2.05, 4.69) is 0 Å². The van der Waals surface area contributed by atoms with E-state index in [-0.39, 0.29) is 5.97 Å². The molecule has 0 atom stereocenters. The number of benzene rings is 2. The Morgan fingerprint density at radius 3 is 2.40 bits per heavy atom. The first-order valence-corrected chi connectivity index (χ1v) is 6.48. The summed E-state index contributed by atoms with van der Waals surface area (Å²) < 4.78 is 5.21. The van der Waals surface area contributed by atoms with Crippen LogP contribution in [-0.2, 0) is 22.6 Å². The average Bonchev–Trinajstić information content (AvgIpc) is 2.47. The van der Waals surface area contributed by atoms with Gasteiger partial charge in [-0.2, -0.15) is 0 Å². The van der Waals surface area contributed by atoms with E-state index in [0.717, 1.165) is 11.1 Å². The van der Waals surface area contributed by atoms with Crippen molar-refractivity contribution in [1.82, 2.24) is 0 Å². The predicted octanol–water partition coefficient (Wildman–Crippen LogP) is 2.53. The maximum Gasteiger partial charge on any atom is 0.306 e. The van der Waals surface area contributed by atoms with E-state index in [1.807, 2.05) is 36.4 Å². The summed E-state index contributed by atoms with van der Waals surface area (Å²) >= 11 is 0. The topological polar surface area (TPSA) is 78.3 Å². The molecule has 0 aliphatic heterocycles. The number of rotatable bonds is 5. The second-order valence-corrected chi connectivity index (χ2v) is 4.61. The highest BCUT2D eigenvalue weighted by molar-refractivity contribution is 5.70. The summed E-state index contributed by atoms with van der Waals surface area (Å²) in [5.74, 6) is -0.218. The average molecular weight is 270 g/mol. The van der Waals surface area contributed by atoms with Crippen LogP contribution < -0.4 is 11.5 Å². The molecule has 0 radical (unpaired) electrons. The fraction of sp³-hybridized carbons (Fsp3) is 0.188. The first kappa shape index (κ1) is 13.9. The molecule has 2 aromatic carbocycles. The Bertz CT molecular complexity index is 582. The Balaban J connectivity index is 1.79. The molecular weight excluding hydrogens is 252 g/mol. The van der Waals surface area contributed by atoms with Gasteiger partial charge >= 0.3 is 5.97 Å². The molecule has 0 saturated carbocycles. The van der Waals surface area contributed by atoms with E-state index in [1.165, 1.54) is 0 Å². The van der Waals surface area contributed by atoms with Crippen LogP contribution in [-0.4, -0.2) is 5.97 Å². The zero-order valence-electron chi connectivity index (χ0n) is 11.2. The molecule has 104 valence electrons. The Kier molecular flexibility index (Phi) is 4.60. The minimum absolute atomic E-state index is 0.218. The van der Waals surface area contributed by atoms with Crippen molar-refractivity contribution in [3.05, 3.63) is 59.7 Å². The van der Waals surface area contributed by atoms with Gasteiger partial charge in [0.15, 0.2) is 0 Å². The number of ether oxygens (including phenoxy) is 1. The summed E-state index contributed by atoms with van der Waals surface area (Å²) in [6.45, 7) is 0.309. The molecule has 2 rings (SSSR count). The Labute approximate surface area is 118 Å². The molecular formula is C16H18N2O2. The molecule has 0 saturated heterocycles. The van der Waals surface area contributed by atoms with E-state index < -0.39 is 0 Å². The van der Waals surface area contributed by atoms with Crippen LogP contribution in [0.25, 0.3) is 0 Å². The van der Waals surface area contributed by atoms with Crippen molar-refractivity contribution in [2.75, 3.05) is 11.5 Å². The second kappa shape index (κ2) is 6.61. The van der Waals surface area contributed by atoms with Gasteiger partial charge in [-0.3, -0.25) is 4.79 Å². The van der Waals surface area contributed by atoms with Crippen molar-refractivity contribution in [1.29, 1.82) is 0 Å². The van der Waals surface area contributed by atoms with E-state index in [0.29, 0.717) is 30.8 Å². The van der Waals surface area contributed by atoms with Gasteiger partial charge in [-0.15, -0.1) is 0 Å². The maximum absolute atomic E-state index is 11.7. The van der Waals surface area contributed by atoms with Gasteiger partial charge in [0.2, 0.25) is 0 Å². The van der Waals surface area contributed by atoms with E-state index in [1.54, 1.807) is 12.1 Å². The first-order chi connectivity index (χ1) is 9.65. The molecule has 0 aliphatic carbocycles. The van der Waals surface area contributed by atoms with Crippen LogP contribution in [0.4, 0.5) is 11.4 Å². The minimum Gasteiger partial charge on any atom is -0.461 e. The predicted molar refractivity (Wildman–Crippen MR) is 79.8 cm³/mol. The molecule has 20 heavy (non-hydrogen) atoms. The van der Waals surface area contributed by atoms with Crippen molar-refractivity contribution >= 4 is 17.3 Å². The van der Waals surface area contributed by atoms with Crippen molar-refractivity contribution in [2.45, 2.75) is 19.4 Å². The van der Waals surface area contributed by atoms with Gasteiger partial charge in [0.05, 0.1) is 11.4 Å². The monoisotopic (exact) mass is 270 g/mol. The number of carbonyl (C=O) groups is 1. The lowest BCUT2D eigenvalue weighted by atomic mass is 10.1. The number of anilines is 2. The number of esters is 1. The number of hydrogen-bond acceptors (Lipinski definition) is 4. The molecule has 4 nitrogen and oxygen atoms in total. The largest absolute Gasteiger partial charge is 0.461 e. The van der Waals surface area contributed by atoms with Crippen molar-refractivity contribution < 1.29 is 9.53 Å². The zero-order valence-corrected chi connectivity index (χ0v) is 11.2. The molecule has 0 aliphatic rings. The molecule has 0 heterocycles. The van der Waals surface area contributed by atoms with Crippen LogP contribution in [0.3, 0.4) is 0 Å². The number of carbonyl (C=O) groups excluding carboxylic acids is 1. The molecule has 0 bridgehead atoms. The van der Waals surface area contributed by atoms with Crippen molar-refractivity contribution in [3.8, 4) is 0 Å². The van der Waals surface area contributed by atoms with Gasteiger partial charge in [0.25, 0.3) is 0 Å². The van der Waals surface area contributed by atoms with Crippen LogP contribution in [0.1, 0.15) is 17.5 Å². The number of nitrogen functional groups attached to an aromatic ring is 2. The highest BCUT2D eigenvalue weighted by atomic mass is 16.5. The SMILES string of the molecule is Nc1ccc(CCC(=O)OCc2ccccc2)cc1N. The number of aryl methyl sites for hydroxylation is 1. The second-order valence-electron chi connectivity index (χ2n) is 4.61. The van der Waals surface area contributed by atoms with Crippen LogP contribution in [0.15, 0.2) is 48.5 Å². The van der Waals surface area contributed by atoms with Crippen LogP contribution in [0.2, 0.25) is 0 Å². The Hall–Kier alpha value is -2.49. The fourth-order valence-corrected chi connectivity index (χ4v) is 1.84. The van der Waals surface area contributed by atoms with Gasteiger partial charge < -0.3 is 16.2 Å². The van der Waals surface area contributed by atoms with E-state index in [9.17, 15) is 4.79 Å². The molecule has 0 aromatic heterocycles. The van der Waals surface area contributed by atoms with E-state index in [4.69, 9.17) is 16.2 Å². The van der Waals surface area contributed by atoms with E-state index >= 15 is 0 Å². The third-order valence-corrected chi connectivity index (χ3v) is 3.01. The first-order valence-electron chi connectivity index (χ1n) is 6.48. The lowest BCUT2D eigenvalue weighted by Crippen LogP contribution is -2.06. The fourth-order valence-electron chi connectivity index (χ4n) is 1.84. The van der Waals surface area contributed by atoms with Gasteiger partial charge in [-0.1, -0.05) is 36.4 Å². The van der Waals surface area contributed by atoms with Crippen LogP contribution in [0.5, 0.6) is 0 Å². The third-order valence-electron chi connectivity index (χ3n) is 3.01. The third kappa shape index (κ3) is 4.02. The highest BCUT2D eigenvalue weighted by Crippen LogP contribution is 2.17. The van der Waals surface area contributed by atoms with Crippen molar-refractivity contribution in [2.24, 2.45) is 0 Å². The molecule has 0 amide bonds. The minimum atomic E-state index is -0.218. The van der Waals surface area contributed by atoms with Gasteiger partial charge in [0.1, 0.15) is 6.61 Å². The highest BCUT2D eigenvalue weighted by Gasteiger charge is 2.05. The van der Waals surface area contributed by atoms with Crippen LogP contribution in [0, 0.1) is 0 Å². The summed E-state index contributed by atoms with van der Waals surface area (Å²) in [6, 6.07) is 15.0. The number of nitrogens with two attached hydrogens (primary N) is 2. The lowest BCUT2D eigenvalue weighted by molar-refractivity contribution is -0.144. The Morgan fingerprint density at radius 2 is 1.70 bits per heavy atom. The molecule has 0 spiro atoms. The summed E-state index contributed by atoms with van der Waals surface area (Å²) in [4.78, 5) is 11.7. The van der Waals surface area contributed by atoms with Gasteiger partial charge in [0, 0.05) is 6.42 Å². The maximum atomic E-state index is 11.7. The Morgan fingerprint density at radius 1 is 0.950 bits per heavy atom. The quantitative estimate of drug-likeness (QED) is 0.646. The lowest BCUT2D eigenvalue weighted by Gasteiger charge is -2.06. The number of hydrogen-bond donors (Lipinski definition) is 2. The van der Waals surface area contributed by atoms with Crippen molar-refractivity contribution in [3.63, 3.8) is 0 Å².